The van der Waals surface area contributed by atoms with Crippen molar-refractivity contribution in [3.8, 4) is 0 Å². The second-order valence-corrected chi connectivity index (χ2v) is 5.57. The lowest BCUT2D eigenvalue weighted by Crippen LogP contribution is -2.30. The maximum atomic E-state index is 12.3. The van der Waals surface area contributed by atoms with Gasteiger partial charge < -0.3 is 4.90 Å². The molecule has 0 aromatic heterocycles. The molecule has 2 aromatic carbocycles. The molecule has 0 aliphatic carbocycles. The Morgan fingerprint density at radius 1 is 0.950 bits per heavy atom. The average Bonchev–Trinajstić information content (AvgIpc) is 2.49. The van der Waals surface area contributed by atoms with Crippen molar-refractivity contribution in [1.82, 2.24) is 4.90 Å². The lowest BCUT2D eigenvalue weighted by molar-refractivity contribution is 0.0772. The minimum atomic E-state index is 0.102. The first-order valence-corrected chi connectivity index (χ1v) is 7.68. The monoisotopic (exact) mass is 285 g/mol. The lowest BCUT2D eigenvalue weighted by Gasteiger charge is -2.18. The smallest absolute Gasteiger partial charge is 0.253 e. The molecule has 2 nitrogen and oxygen atoms in total. The molecule has 20 heavy (non-hydrogen) atoms. The van der Waals surface area contributed by atoms with Gasteiger partial charge in [-0.3, -0.25) is 4.79 Å². The predicted molar refractivity (Wildman–Crippen MR) is 84.3 cm³/mol. The Labute approximate surface area is 124 Å². The number of rotatable bonds is 5. The van der Waals surface area contributed by atoms with E-state index in [1.807, 2.05) is 61.2 Å². The molecule has 0 saturated heterocycles. The SMILES string of the molecule is CCN(CC)C(=O)c1cccc(Sc2ccccc2)c1. The van der Waals surface area contributed by atoms with Crippen LogP contribution in [0.1, 0.15) is 24.2 Å². The second kappa shape index (κ2) is 7.15. The van der Waals surface area contributed by atoms with Gasteiger partial charge in [0.25, 0.3) is 5.91 Å². The van der Waals surface area contributed by atoms with Crippen molar-refractivity contribution >= 4 is 17.7 Å². The molecule has 0 heterocycles. The van der Waals surface area contributed by atoms with Crippen LogP contribution in [0.25, 0.3) is 0 Å². The van der Waals surface area contributed by atoms with Crippen LogP contribution in [0.2, 0.25) is 0 Å². The Morgan fingerprint density at radius 2 is 1.60 bits per heavy atom. The van der Waals surface area contributed by atoms with Gasteiger partial charge in [-0.1, -0.05) is 36.0 Å². The maximum absolute atomic E-state index is 12.3. The molecule has 0 atom stereocenters. The van der Waals surface area contributed by atoms with E-state index in [-0.39, 0.29) is 5.91 Å². The molecule has 0 radical (unpaired) electrons. The van der Waals surface area contributed by atoms with E-state index in [4.69, 9.17) is 0 Å². The highest BCUT2D eigenvalue weighted by Crippen LogP contribution is 2.28. The maximum Gasteiger partial charge on any atom is 0.253 e. The van der Waals surface area contributed by atoms with Gasteiger partial charge in [0, 0.05) is 28.4 Å². The van der Waals surface area contributed by atoms with Gasteiger partial charge in [0.15, 0.2) is 0 Å². The molecule has 2 aromatic rings. The van der Waals surface area contributed by atoms with Crippen LogP contribution in [0.4, 0.5) is 0 Å². The number of carbonyl (C=O) groups excluding carboxylic acids is 1. The molecule has 3 heteroatoms. The topological polar surface area (TPSA) is 20.3 Å². The largest absolute Gasteiger partial charge is 0.339 e. The second-order valence-electron chi connectivity index (χ2n) is 4.42. The Balaban J connectivity index is 2.18. The highest BCUT2D eigenvalue weighted by molar-refractivity contribution is 7.99. The standard InChI is InChI=1S/C17H19NOS/c1-3-18(4-2)17(19)14-9-8-12-16(13-14)20-15-10-6-5-7-11-15/h5-13H,3-4H2,1-2H3. The van der Waals surface area contributed by atoms with E-state index in [0.29, 0.717) is 0 Å². The van der Waals surface area contributed by atoms with Crippen LogP contribution < -0.4 is 0 Å². The Bertz CT molecular complexity index is 564. The highest BCUT2D eigenvalue weighted by Gasteiger charge is 2.12. The van der Waals surface area contributed by atoms with Gasteiger partial charge in [-0.05, 0) is 44.2 Å². The summed E-state index contributed by atoms with van der Waals surface area (Å²) >= 11 is 1.68. The molecule has 0 saturated carbocycles. The van der Waals surface area contributed by atoms with Gasteiger partial charge in [-0.15, -0.1) is 0 Å². The molecule has 0 N–H and O–H groups in total. The molecule has 104 valence electrons. The van der Waals surface area contributed by atoms with Gasteiger partial charge in [0.2, 0.25) is 0 Å². The predicted octanol–water partition coefficient (Wildman–Crippen LogP) is 4.32. The van der Waals surface area contributed by atoms with Crippen molar-refractivity contribution in [2.24, 2.45) is 0 Å². The van der Waals surface area contributed by atoms with Crippen LogP contribution in [-0.4, -0.2) is 23.9 Å². The summed E-state index contributed by atoms with van der Waals surface area (Å²) in [7, 11) is 0. The Morgan fingerprint density at radius 3 is 2.25 bits per heavy atom. The first kappa shape index (κ1) is 14.7. The lowest BCUT2D eigenvalue weighted by atomic mass is 10.2. The number of amides is 1. The molecule has 0 fully saturated rings. The van der Waals surface area contributed by atoms with E-state index in [9.17, 15) is 4.79 Å². The minimum absolute atomic E-state index is 0.102. The third-order valence-corrected chi connectivity index (χ3v) is 4.11. The Hall–Kier alpha value is -1.74. The fourth-order valence-corrected chi connectivity index (χ4v) is 2.91. The quantitative estimate of drug-likeness (QED) is 0.815. The normalized spacial score (nSPS) is 10.3. The van der Waals surface area contributed by atoms with Crippen molar-refractivity contribution in [3.63, 3.8) is 0 Å². The summed E-state index contributed by atoms with van der Waals surface area (Å²) in [4.78, 5) is 16.4. The molecular weight excluding hydrogens is 266 g/mol. The van der Waals surface area contributed by atoms with Gasteiger partial charge >= 0.3 is 0 Å². The van der Waals surface area contributed by atoms with Crippen molar-refractivity contribution in [2.45, 2.75) is 23.6 Å². The fraction of sp³-hybridized carbons (Fsp3) is 0.235. The van der Waals surface area contributed by atoms with Crippen LogP contribution in [0.5, 0.6) is 0 Å². The molecule has 0 aliphatic rings. The van der Waals surface area contributed by atoms with Crippen molar-refractivity contribution < 1.29 is 4.79 Å². The third kappa shape index (κ3) is 3.64. The van der Waals surface area contributed by atoms with Gasteiger partial charge in [0.05, 0.1) is 0 Å². The summed E-state index contributed by atoms with van der Waals surface area (Å²) < 4.78 is 0. The van der Waals surface area contributed by atoms with Crippen LogP contribution in [-0.2, 0) is 0 Å². The highest BCUT2D eigenvalue weighted by atomic mass is 32.2. The van der Waals surface area contributed by atoms with Crippen molar-refractivity contribution in [1.29, 1.82) is 0 Å². The summed E-state index contributed by atoms with van der Waals surface area (Å²) in [6.07, 6.45) is 0. The van der Waals surface area contributed by atoms with Gasteiger partial charge in [0.1, 0.15) is 0 Å². The average molecular weight is 285 g/mol. The first-order valence-electron chi connectivity index (χ1n) is 6.86. The van der Waals surface area contributed by atoms with E-state index < -0.39 is 0 Å². The van der Waals surface area contributed by atoms with Crippen molar-refractivity contribution in [3.05, 3.63) is 60.2 Å². The van der Waals surface area contributed by atoms with Gasteiger partial charge in [-0.25, -0.2) is 0 Å². The summed E-state index contributed by atoms with van der Waals surface area (Å²) in [6, 6.07) is 18.0. The number of benzene rings is 2. The molecular formula is C17H19NOS. The summed E-state index contributed by atoms with van der Waals surface area (Å²) in [5.74, 6) is 0.102. The first-order chi connectivity index (χ1) is 9.74. The molecule has 0 bridgehead atoms. The number of hydrogen-bond donors (Lipinski definition) is 0. The van der Waals surface area contributed by atoms with Crippen LogP contribution in [0, 0.1) is 0 Å². The zero-order valence-electron chi connectivity index (χ0n) is 11.9. The van der Waals surface area contributed by atoms with E-state index in [1.165, 1.54) is 4.90 Å². The molecule has 2 rings (SSSR count). The molecule has 0 unspecified atom stereocenters. The summed E-state index contributed by atoms with van der Waals surface area (Å²) in [5, 5.41) is 0. The zero-order chi connectivity index (χ0) is 14.4. The van der Waals surface area contributed by atoms with E-state index >= 15 is 0 Å². The van der Waals surface area contributed by atoms with Crippen LogP contribution in [0.15, 0.2) is 64.4 Å². The zero-order valence-corrected chi connectivity index (χ0v) is 12.7. The third-order valence-electron chi connectivity index (χ3n) is 3.11. The van der Waals surface area contributed by atoms with Crippen molar-refractivity contribution in [2.75, 3.05) is 13.1 Å². The van der Waals surface area contributed by atoms with E-state index in [2.05, 4.69) is 12.1 Å². The van der Waals surface area contributed by atoms with Crippen LogP contribution >= 0.6 is 11.8 Å². The van der Waals surface area contributed by atoms with Crippen LogP contribution in [0.3, 0.4) is 0 Å². The summed E-state index contributed by atoms with van der Waals surface area (Å²) in [5.41, 5.74) is 0.759. The fourth-order valence-electron chi connectivity index (χ4n) is 2.01. The number of nitrogens with zero attached hydrogens (tertiary/aromatic N) is 1. The van der Waals surface area contributed by atoms with E-state index in [1.54, 1.807) is 11.8 Å². The number of carbonyl (C=O) groups is 1. The minimum Gasteiger partial charge on any atom is -0.339 e. The molecule has 0 spiro atoms. The molecule has 0 aliphatic heterocycles. The molecule has 1 amide bonds. The van der Waals surface area contributed by atoms with Gasteiger partial charge in [-0.2, -0.15) is 0 Å². The summed E-state index contributed by atoms with van der Waals surface area (Å²) in [6.45, 7) is 5.49. The van der Waals surface area contributed by atoms with E-state index in [0.717, 1.165) is 23.5 Å². The Kier molecular flexibility index (Phi) is 5.24. The number of hydrogen-bond acceptors (Lipinski definition) is 2.